The van der Waals surface area contributed by atoms with E-state index in [-0.39, 0.29) is 16.9 Å². The molecule has 0 radical (unpaired) electrons. The maximum absolute atomic E-state index is 13.2. The van der Waals surface area contributed by atoms with Crippen LogP contribution in [-0.4, -0.2) is 9.97 Å². The van der Waals surface area contributed by atoms with E-state index >= 15 is 0 Å². The van der Waals surface area contributed by atoms with Gasteiger partial charge in [-0.2, -0.15) is 0 Å². The summed E-state index contributed by atoms with van der Waals surface area (Å²) in [5, 5.41) is 0.318. The second kappa shape index (κ2) is 6.97. The van der Waals surface area contributed by atoms with Crippen LogP contribution >= 0.6 is 11.8 Å². The highest BCUT2D eigenvalue weighted by Crippen LogP contribution is 2.39. The standard InChI is InChI=1S/C18H15F2N3S/c1-11-10-16(21)23-18(22-11)24-17(12-2-6-14(19)7-3-12)13-4-8-15(20)9-5-13/h2-10,17H,1H3,(H2,21,22,23). The average Bonchev–Trinajstić information content (AvgIpc) is 2.54. The fourth-order valence-corrected chi connectivity index (χ4v) is 3.48. The molecule has 0 saturated heterocycles. The number of rotatable bonds is 4. The van der Waals surface area contributed by atoms with Crippen LogP contribution in [0.1, 0.15) is 22.1 Å². The molecule has 6 heteroatoms. The maximum atomic E-state index is 13.2. The van der Waals surface area contributed by atoms with Crippen molar-refractivity contribution in [2.75, 3.05) is 5.73 Å². The van der Waals surface area contributed by atoms with Gasteiger partial charge in [-0.05, 0) is 42.3 Å². The van der Waals surface area contributed by atoms with Crippen LogP contribution < -0.4 is 5.73 Å². The molecule has 3 rings (SSSR count). The lowest BCUT2D eigenvalue weighted by atomic mass is 10.0. The van der Waals surface area contributed by atoms with Gasteiger partial charge in [-0.25, -0.2) is 18.7 Å². The Morgan fingerprint density at radius 2 is 1.38 bits per heavy atom. The number of hydrogen-bond acceptors (Lipinski definition) is 4. The number of hydrogen-bond donors (Lipinski definition) is 1. The Morgan fingerprint density at radius 3 is 1.83 bits per heavy atom. The van der Waals surface area contributed by atoms with Crippen LogP contribution in [-0.2, 0) is 0 Å². The first-order valence-corrected chi connectivity index (χ1v) is 8.18. The van der Waals surface area contributed by atoms with Gasteiger partial charge in [-0.3, -0.25) is 0 Å². The number of anilines is 1. The van der Waals surface area contributed by atoms with E-state index in [0.717, 1.165) is 16.8 Å². The summed E-state index contributed by atoms with van der Waals surface area (Å²) >= 11 is 1.39. The van der Waals surface area contributed by atoms with Gasteiger partial charge in [-0.15, -0.1) is 0 Å². The van der Waals surface area contributed by atoms with E-state index in [0.29, 0.717) is 11.0 Å². The summed E-state index contributed by atoms with van der Waals surface area (Å²) in [6, 6.07) is 14.1. The Kier molecular flexibility index (Phi) is 4.76. The zero-order chi connectivity index (χ0) is 17.1. The van der Waals surface area contributed by atoms with E-state index in [2.05, 4.69) is 9.97 Å². The molecule has 0 atom stereocenters. The van der Waals surface area contributed by atoms with Gasteiger partial charge < -0.3 is 5.73 Å². The van der Waals surface area contributed by atoms with E-state index in [1.165, 1.54) is 36.0 Å². The summed E-state index contributed by atoms with van der Waals surface area (Å²) in [6.45, 7) is 1.84. The average molecular weight is 343 g/mol. The highest BCUT2D eigenvalue weighted by molar-refractivity contribution is 7.99. The third-order valence-corrected chi connectivity index (χ3v) is 4.60. The van der Waals surface area contributed by atoms with Crippen LogP contribution in [0.4, 0.5) is 14.6 Å². The normalized spacial score (nSPS) is 11.0. The summed E-state index contributed by atoms with van der Waals surface area (Å²) < 4.78 is 26.5. The number of nitrogens with zero attached hydrogens (tertiary/aromatic N) is 2. The predicted octanol–water partition coefficient (Wildman–Crippen LogP) is 4.53. The molecule has 24 heavy (non-hydrogen) atoms. The fraction of sp³-hybridized carbons (Fsp3) is 0.111. The van der Waals surface area contributed by atoms with Gasteiger partial charge >= 0.3 is 0 Å². The van der Waals surface area contributed by atoms with Crippen LogP contribution in [0, 0.1) is 18.6 Å². The van der Waals surface area contributed by atoms with Gasteiger partial charge in [-0.1, -0.05) is 36.0 Å². The van der Waals surface area contributed by atoms with E-state index in [4.69, 9.17) is 5.73 Å². The Balaban J connectivity index is 2.00. The molecule has 1 aromatic heterocycles. The van der Waals surface area contributed by atoms with E-state index in [1.54, 1.807) is 30.3 Å². The molecular weight excluding hydrogens is 328 g/mol. The van der Waals surface area contributed by atoms with Crippen molar-refractivity contribution in [3.8, 4) is 0 Å². The summed E-state index contributed by atoms with van der Waals surface area (Å²) in [6.07, 6.45) is 0. The first-order chi connectivity index (χ1) is 11.5. The van der Waals surface area contributed by atoms with Crippen LogP contribution in [0.2, 0.25) is 0 Å². The molecule has 0 aliphatic heterocycles. The maximum Gasteiger partial charge on any atom is 0.190 e. The van der Waals surface area contributed by atoms with Crippen molar-refractivity contribution in [2.45, 2.75) is 17.3 Å². The van der Waals surface area contributed by atoms with Gasteiger partial charge in [0.25, 0.3) is 0 Å². The summed E-state index contributed by atoms with van der Waals surface area (Å²) in [7, 11) is 0. The smallest absolute Gasteiger partial charge is 0.190 e. The number of aromatic nitrogens is 2. The number of nitrogen functional groups attached to an aromatic ring is 1. The van der Waals surface area contributed by atoms with Gasteiger partial charge in [0.05, 0.1) is 5.25 Å². The quantitative estimate of drug-likeness (QED) is 0.559. The first kappa shape index (κ1) is 16.4. The van der Waals surface area contributed by atoms with Crippen molar-refractivity contribution in [3.63, 3.8) is 0 Å². The molecule has 0 aliphatic carbocycles. The van der Waals surface area contributed by atoms with Crippen molar-refractivity contribution in [1.82, 2.24) is 9.97 Å². The molecule has 122 valence electrons. The molecule has 0 amide bonds. The lowest BCUT2D eigenvalue weighted by molar-refractivity contribution is 0.626. The lowest BCUT2D eigenvalue weighted by Gasteiger charge is -2.17. The van der Waals surface area contributed by atoms with Crippen LogP contribution in [0.5, 0.6) is 0 Å². The predicted molar refractivity (Wildman–Crippen MR) is 91.7 cm³/mol. The molecule has 1 heterocycles. The van der Waals surface area contributed by atoms with Gasteiger partial charge in [0, 0.05) is 11.8 Å². The molecule has 3 nitrogen and oxygen atoms in total. The van der Waals surface area contributed by atoms with Gasteiger partial charge in [0.2, 0.25) is 0 Å². The Labute approximate surface area is 143 Å². The third-order valence-electron chi connectivity index (χ3n) is 3.42. The molecule has 2 N–H and O–H groups in total. The molecule has 2 aromatic carbocycles. The number of aryl methyl sites for hydroxylation is 1. The second-order valence-corrected chi connectivity index (χ2v) is 6.39. The summed E-state index contributed by atoms with van der Waals surface area (Å²) in [5.41, 5.74) is 8.30. The van der Waals surface area contributed by atoms with Crippen LogP contribution in [0.25, 0.3) is 0 Å². The third kappa shape index (κ3) is 3.89. The molecule has 0 fully saturated rings. The molecule has 0 unspecified atom stereocenters. The largest absolute Gasteiger partial charge is 0.384 e. The molecule has 0 bridgehead atoms. The first-order valence-electron chi connectivity index (χ1n) is 7.30. The number of halogens is 2. The Morgan fingerprint density at radius 1 is 0.875 bits per heavy atom. The minimum Gasteiger partial charge on any atom is -0.384 e. The van der Waals surface area contributed by atoms with E-state index in [1.807, 2.05) is 6.92 Å². The van der Waals surface area contributed by atoms with Gasteiger partial charge in [0.1, 0.15) is 17.5 Å². The van der Waals surface area contributed by atoms with Crippen molar-refractivity contribution in [2.24, 2.45) is 0 Å². The SMILES string of the molecule is Cc1cc(N)nc(SC(c2ccc(F)cc2)c2ccc(F)cc2)n1. The number of thioether (sulfide) groups is 1. The Bertz CT molecular complexity index is 770. The molecular formula is C18H15F2N3S. The van der Waals surface area contributed by atoms with Crippen molar-refractivity contribution in [3.05, 3.63) is 83.1 Å². The monoisotopic (exact) mass is 343 g/mol. The van der Waals surface area contributed by atoms with Gasteiger partial charge in [0.15, 0.2) is 5.16 Å². The molecule has 3 aromatic rings. The second-order valence-electron chi connectivity index (χ2n) is 5.32. The zero-order valence-corrected chi connectivity index (χ0v) is 13.7. The molecule has 0 aliphatic rings. The van der Waals surface area contributed by atoms with Crippen molar-refractivity contribution >= 4 is 17.6 Å². The van der Waals surface area contributed by atoms with Crippen molar-refractivity contribution in [1.29, 1.82) is 0 Å². The fourth-order valence-electron chi connectivity index (χ4n) is 2.33. The van der Waals surface area contributed by atoms with Crippen LogP contribution in [0.3, 0.4) is 0 Å². The molecule has 0 saturated carbocycles. The number of nitrogens with two attached hydrogens (primary N) is 1. The minimum atomic E-state index is -0.308. The topological polar surface area (TPSA) is 51.8 Å². The summed E-state index contributed by atoms with van der Waals surface area (Å²) in [4.78, 5) is 8.63. The minimum absolute atomic E-state index is 0.201. The number of benzene rings is 2. The highest BCUT2D eigenvalue weighted by atomic mass is 32.2. The van der Waals surface area contributed by atoms with Crippen LogP contribution in [0.15, 0.2) is 59.8 Å². The highest BCUT2D eigenvalue weighted by Gasteiger charge is 2.18. The van der Waals surface area contributed by atoms with Crippen molar-refractivity contribution < 1.29 is 8.78 Å². The Hall–Kier alpha value is -2.47. The lowest BCUT2D eigenvalue weighted by Crippen LogP contribution is -2.02. The zero-order valence-electron chi connectivity index (χ0n) is 12.9. The van der Waals surface area contributed by atoms with E-state index in [9.17, 15) is 8.78 Å². The van der Waals surface area contributed by atoms with E-state index < -0.39 is 0 Å². The summed E-state index contributed by atoms with van der Waals surface area (Å²) in [5.74, 6) is -0.225. The molecule has 0 spiro atoms.